The Hall–Kier alpha value is -0.910. The van der Waals surface area contributed by atoms with Crippen LogP contribution in [0.4, 0.5) is 4.39 Å². The normalized spacial score (nSPS) is 11.2. The fourth-order valence-electron chi connectivity index (χ4n) is 2.29. The molecule has 108 valence electrons. The van der Waals surface area contributed by atoms with E-state index in [1.54, 1.807) is 6.07 Å². The monoisotopic (exact) mass is 430 g/mol. The molecule has 21 heavy (non-hydrogen) atoms. The lowest BCUT2D eigenvalue weighted by atomic mass is 10.2. The van der Waals surface area contributed by atoms with Crippen LogP contribution in [-0.2, 0) is 6.42 Å². The number of benzene rings is 2. The van der Waals surface area contributed by atoms with E-state index in [4.69, 9.17) is 11.6 Å². The molecule has 2 nitrogen and oxygen atoms in total. The summed E-state index contributed by atoms with van der Waals surface area (Å²) in [5.41, 5.74) is 2.44. The van der Waals surface area contributed by atoms with Gasteiger partial charge in [0.25, 0.3) is 0 Å². The van der Waals surface area contributed by atoms with Gasteiger partial charge in [-0.15, -0.1) is 11.6 Å². The first-order valence-electron chi connectivity index (χ1n) is 6.28. The average Bonchev–Trinajstić information content (AvgIpc) is 2.76. The number of rotatable bonds is 3. The summed E-state index contributed by atoms with van der Waals surface area (Å²) in [5, 5.41) is 0. The lowest BCUT2D eigenvalue weighted by Gasteiger charge is -2.11. The Morgan fingerprint density at radius 2 is 1.95 bits per heavy atom. The predicted molar refractivity (Wildman–Crippen MR) is 90.9 cm³/mol. The average molecular weight is 433 g/mol. The number of hydrogen-bond donors (Lipinski definition) is 0. The summed E-state index contributed by atoms with van der Waals surface area (Å²) in [5.74, 6) is 0.980. The maximum atomic E-state index is 13.4. The second-order valence-electron chi connectivity index (χ2n) is 4.53. The molecule has 3 rings (SSSR count). The van der Waals surface area contributed by atoms with Crippen LogP contribution in [0.15, 0.2) is 45.3 Å². The Bertz CT molecular complexity index is 817. The summed E-state index contributed by atoms with van der Waals surface area (Å²) in [6.45, 7) is 0. The molecule has 3 aromatic rings. The van der Waals surface area contributed by atoms with Crippen molar-refractivity contribution in [2.75, 3.05) is 5.88 Å². The van der Waals surface area contributed by atoms with Gasteiger partial charge in [0.15, 0.2) is 0 Å². The first-order chi connectivity index (χ1) is 10.1. The highest BCUT2D eigenvalue weighted by Gasteiger charge is 2.14. The number of alkyl halides is 1. The number of hydrogen-bond acceptors (Lipinski definition) is 1. The van der Waals surface area contributed by atoms with Crippen LogP contribution in [0.25, 0.3) is 16.7 Å². The molecule has 0 saturated carbocycles. The van der Waals surface area contributed by atoms with E-state index in [0.717, 1.165) is 26.0 Å². The van der Waals surface area contributed by atoms with Crippen molar-refractivity contribution in [3.05, 3.63) is 57.0 Å². The van der Waals surface area contributed by atoms with Crippen molar-refractivity contribution in [2.24, 2.45) is 0 Å². The van der Waals surface area contributed by atoms with Gasteiger partial charge in [-0.25, -0.2) is 9.37 Å². The van der Waals surface area contributed by atoms with Gasteiger partial charge in [-0.3, -0.25) is 4.57 Å². The third-order valence-electron chi connectivity index (χ3n) is 3.15. The molecule has 0 aliphatic heterocycles. The van der Waals surface area contributed by atoms with Crippen LogP contribution < -0.4 is 0 Å². The van der Waals surface area contributed by atoms with Crippen molar-refractivity contribution in [1.29, 1.82) is 0 Å². The van der Waals surface area contributed by atoms with Crippen LogP contribution in [0.3, 0.4) is 0 Å². The molecule has 0 N–H and O–H groups in total. The van der Waals surface area contributed by atoms with Crippen molar-refractivity contribution in [3.8, 4) is 5.69 Å². The molecule has 0 amide bonds. The molecular formula is C15H10Br2ClFN2. The Labute approximate surface area is 143 Å². The molecule has 0 spiro atoms. The van der Waals surface area contributed by atoms with Gasteiger partial charge >= 0.3 is 0 Å². The summed E-state index contributed by atoms with van der Waals surface area (Å²) >= 11 is 12.9. The fourth-order valence-corrected chi connectivity index (χ4v) is 3.68. The Kier molecular flexibility index (Phi) is 4.33. The van der Waals surface area contributed by atoms with E-state index in [2.05, 4.69) is 36.8 Å². The maximum absolute atomic E-state index is 13.4. The number of imidazole rings is 1. The minimum atomic E-state index is -0.292. The number of nitrogens with zero attached hydrogens (tertiary/aromatic N) is 2. The smallest absolute Gasteiger partial charge is 0.125 e. The molecule has 0 atom stereocenters. The van der Waals surface area contributed by atoms with E-state index in [1.807, 2.05) is 22.8 Å². The number of fused-ring (bicyclic) bond motifs is 1. The summed E-state index contributed by atoms with van der Waals surface area (Å²) in [4.78, 5) is 4.51. The van der Waals surface area contributed by atoms with E-state index >= 15 is 0 Å². The molecule has 0 aliphatic rings. The topological polar surface area (TPSA) is 17.8 Å². The molecule has 1 aromatic heterocycles. The molecule has 0 aliphatic carbocycles. The highest BCUT2D eigenvalue weighted by atomic mass is 79.9. The minimum Gasteiger partial charge on any atom is -0.295 e. The summed E-state index contributed by atoms with van der Waals surface area (Å²) < 4.78 is 17.3. The molecule has 0 radical (unpaired) electrons. The third-order valence-corrected chi connectivity index (χ3v) is 4.47. The predicted octanol–water partition coefficient (Wildman–Crippen LogP) is 5.47. The molecular weight excluding hydrogens is 422 g/mol. The van der Waals surface area contributed by atoms with Crippen LogP contribution >= 0.6 is 43.5 Å². The van der Waals surface area contributed by atoms with E-state index in [0.29, 0.717) is 17.8 Å². The quantitative estimate of drug-likeness (QED) is 0.502. The van der Waals surface area contributed by atoms with Gasteiger partial charge in [0.05, 0.1) is 16.7 Å². The largest absolute Gasteiger partial charge is 0.295 e. The van der Waals surface area contributed by atoms with Crippen LogP contribution in [0.1, 0.15) is 5.82 Å². The van der Waals surface area contributed by atoms with Crippen LogP contribution in [0.5, 0.6) is 0 Å². The zero-order valence-electron chi connectivity index (χ0n) is 10.8. The SMILES string of the molecule is Fc1ccc2c(c1)nc(CCCl)n2-c1ccc(Br)cc1Br. The molecule has 2 aromatic carbocycles. The lowest BCUT2D eigenvalue weighted by molar-refractivity contribution is 0.629. The van der Waals surface area contributed by atoms with E-state index in [1.165, 1.54) is 12.1 Å². The summed E-state index contributed by atoms with van der Waals surface area (Å²) in [6, 6.07) is 10.5. The van der Waals surface area contributed by atoms with Gasteiger partial charge in [0.2, 0.25) is 0 Å². The Morgan fingerprint density at radius 1 is 1.14 bits per heavy atom. The van der Waals surface area contributed by atoms with Gasteiger partial charge in [-0.2, -0.15) is 0 Å². The number of aromatic nitrogens is 2. The van der Waals surface area contributed by atoms with Crippen molar-refractivity contribution in [1.82, 2.24) is 9.55 Å². The van der Waals surface area contributed by atoms with Gasteiger partial charge in [-0.1, -0.05) is 15.9 Å². The molecule has 0 saturated heterocycles. The fraction of sp³-hybridized carbons (Fsp3) is 0.133. The Balaban J connectivity index is 2.30. The number of halogens is 4. The molecule has 0 unspecified atom stereocenters. The first kappa shape index (κ1) is 15.0. The summed E-state index contributed by atoms with van der Waals surface area (Å²) in [6.07, 6.45) is 0.611. The summed E-state index contributed by atoms with van der Waals surface area (Å²) in [7, 11) is 0. The van der Waals surface area contributed by atoms with Gasteiger partial charge in [0, 0.05) is 27.3 Å². The molecule has 1 heterocycles. The van der Waals surface area contributed by atoms with Crippen molar-refractivity contribution in [2.45, 2.75) is 6.42 Å². The van der Waals surface area contributed by atoms with E-state index < -0.39 is 0 Å². The van der Waals surface area contributed by atoms with Crippen LogP contribution in [0, 0.1) is 5.82 Å². The minimum absolute atomic E-state index is 0.292. The van der Waals surface area contributed by atoms with Crippen molar-refractivity contribution in [3.63, 3.8) is 0 Å². The van der Waals surface area contributed by atoms with Gasteiger partial charge in [-0.05, 0) is 46.3 Å². The van der Waals surface area contributed by atoms with Gasteiger partial charge in [0.1, 0.15) is 11.6 Å². The van der Waals surface area contributed by atoms with Crippen molar-refractivity contribution >= 4 is 54.5 Å². The van der Waals surface area contributed by atoms with E-state index in [9.17, 15) is 4.39 Å². The highest BCUT2D eigenvalue weighted by molar-refractivity contribution is 9.11. The zero-order valence-corrected chi connectivity index (χ0v) is 14.7. The maximum Gasteiger partial charge on any atom is 0.125 e. The number of aryl methyl sites for hydroxylation is 1. The molecule has 0 bridgehead atoms. The van der Waals surface area contributed by atoms with E-state index in [-0.39, 0.29) is 5.82 Å². The lowest BCUT2D eigenvalue weighted by Crippen LogP contribution is -2.03. The van der Waals surface area contributed by atoms with Crippen LogP contribution in [-0.4, -0.2) is 15.4 Å². The Morgan fingerprint density at radius 3 is 2.67 bits per heavy atom. The van der Waals surface area contributed by atoms with Crippen LogP contribution in [0.2, 0.25) is 0 Å². The first-order valence-corrected chi connectivity index (χ1v) is 8.40. The second kappa shape index (κ2) is 6.07. The molecule has 0 fully saturated rings. The molecule has 6 heteroatoms. The standard InChI is InChI=1S/C15H10Br2ClFN2/c16-9-1-3-13(11(17)7-9)21-14-4-2-10(19)8-12(14)20-15(21)5-6-18/h1-4,7-8H,5-6H2. The zero-order chi connectivity index (χ0) is 15.0. The van der Waals surface area contributed by atoms with Crippen molar-refractivity contribution < 1.29 is 4.39 Å². The second-order valence-corrected chi connectivity index (χ2v) is 6.68. The third kappa shape index (κ3) is 2.87. The van der Waals surface area contributed by atoms with Gasteiger partial charge < -0.3 is 0 Å². The highest BCUT2D eigenvalue weighted by Crippen LogP contribution is 2.30.